The number of benzene rings is 2. The third-order valence-corrected chi connectivity index (χ3v) is 4.14. The molecule has 3 aromatic rings. The molecule has 0 radical (unpaired) electrons. The van der Waals surface area contributed by atoms with E-state index in [0.29, 0.717) is 6.42 Å². The minimum Gasteiger partial charge on any atom is -0.482 e. The number of hydrogen-bond donors (Lipinski definition) is 2. The molecule has 27 heavy (non-hydrogen) atoms. The Morgan fingerprint density at radius 3 is 2.74 bits per heavy atom. The van der Waals surface area contributed by atoms with Gasteiger partial charge in [0.15, 0.2) is 6.61 Å². The van der Waals surface area contributed by atoms with Crippen molar-refractivity contribution in [3.63, 3.8) is 0 Å². The zero-order valence-electron chi connectivity index (χ0n) is 14.1. The summed E-state index contributed by atoms with van der Waals surface area (Å²) in [5, 5.41) is 3.88. The van der Waals surface area contributed by atoms with E-state index in [0.717, 1.165) is 16.5 Å². The first-order chi connectivity index (χ1) is 12.8. The number of hydrogen-bond acceptors (Lipinski definition) is 2. The van der Waals surface area contributed by atoms with E-state index in [9.17, 15) is 18.0 Å². The van der Waals surface area contributed by atoms with Gasteiger partial charge in [0.05, 0.1) is 5.69 Å². The van der Waals surface area contributed by atoms with Gasteiger partial charge in [0.2, 0.25) is 5.91 Å². The number of H-pyrrole nitrogens is 1. The van der Waals surface area contributed by atoms with E-state index in [-0.39, 0.29) is 28.8 Å². The molecule has 0 aliphatic carbocycles. The van der Waals surface area contributed by atoms with Crippen LogP contribution in [-0.4, -0.2) is 23.7 Å². The number of rotatable bonds is 6. The largest absolute Gasteiger partial charge is 0.482 e. The fraction of sp³-hybridized carbons (Fsp3) is 0.211. The van der Waals surface area contributed by atoms with Gasteiger partial charge in [-0.05, 0) is 36.2 Å². The predicted octanol–water partition coefficient (Wildman–Crippen LogP) is 5.33. The first kappa shape index (κ1) is 19.1. The smallest absolute Gasteiger partial charge is 0.422 e. The van der Waals surface area contributed by atoms with Gasteiger partial charge < -0.3 is 15.0 Å². The molecule has 1 heterocycles. The van der Waals surface area contributed by atoms with Crippen LogP contribution in [0.15, 0.2) is 48.7 Å². The molecule has 0 saturated heterocycles. The van der Waals surface area contributed by atoms with Crippen molar-refractivity contribution in [1.29, 1.82) is 0 Å². The van der Waals surface area contributed by atoms with E-state index in [2.05, 4.69) is 10.3 Å². The van der Waals surface area contributed by atoms with Gasteiger partial charge in [-0.1, -0.05) is 29.8 Å². The molecule has 4 nitrogen and oxygen atoms in total. The Hall–Kier alpha value is -2.67. The number of para-hydroxylation sites is 1. The quantitative estimate of drug-likeness (QED) is 0.591. The first-order valence-electron chi connectivity index (χ1n) is 8.16. The highest BCUT2D eigenvalue weighted by molar-refractivity contribution is 6.31. The maximum Gasteiger partial charge on any atom is 0.422 e. The molecule has 0 unspecified atom stereocenters. The second-order valence-electron chi connectivity index (χ2n) is 5.95. The topological polar surface area (TPSA) is 54.1 Å². The molecule has 0 fully saturated rings. The second-order valence-corrected chi connectivity index (χ2v) is 6.39. The number of carbonyl (C=O) groups is 1. The van der Waals surface area contributed by atoms with Crippen molar-refractivity contribution in [2.45, 2.75) is 19.0 Å². The lowest BCUT2D eigenvalue weighted by Crippen LogP contribution is -2.20. The molecule has 0 aliphatic rings. The summed E-state index contributed by atoms with van der Waals surface area (Å²) in [6, 6.07) is 11.8. The Labute approximate surface area is 158 Å². The number of aromatic nitrogens is 1. The van der Waals surface area contributed by atoms with Gasteiger partial charge in [0, 0.05) is 28.5 Å². The molecular weight excluding hydrogens is 381 g/mol. The number of fused-ring (bicyclic) bond motifs is 1. The molecule has 2 N–H and O–H groups in total. The van der Waals surface area contributed by atoms with Crippen LogP contribution in [0.4, 0.5) is 18.9 Å². The van der Waals surface area contributed by atoms with Gasteiger partial charge in [-0.3, -0.25) is 4.79 Å². The lowest BCUT2D eigenvalue weighted by molar-refractivity contribution is -0.153. The molecule has 8 heteroatoms. The Morgan fingerprint density at radius 2 is 1.96 bits per heavy atom. The molecule has 0 spiro atoms. The van der Waals surface area contributed by atoms with Gasteiger partial charge in [-0.2, -0.15) is 13.2 Å². The Morgan fingerprint density at radius 1 is 1.19 bits per heavy atom. The van der Waals surface area contributed by atoms with Crippen LogP contribution in [0.25, 0.3) is 10.9 Å². The van der Waals surface area contributed by atoms with Crippen molar-refractivity contribution in [2.24, 2.45) is 0 Å². The summed E-state index contributed by atoms with van der Waals surface area (Å²) in [6.07, 6.45) is -1.99. The molecule has 3 rings (SSSR count). The van der Waals surface area contributed by atoms with Crippen LogP contribution in [0.5, 0.6) is 5.75 Å². The Bertz CT molecular complexity index is 954. The summed E-state index contributed by atoms with van der Waals surface area (Å²) < 4.78 is 41.9. The molecule has 0 aliphatic heterocycles. The van der Waals surface area contributed by atoms with E-state index in [1.54, 1.807) is 0 Å². The third kappa shape index (κ3) is 5.17. The van der Waals surface area contributed by atoms with E-state index in [1.807, 2.05) is 30.5 Å². The fourth-order valence-electron chi connectivity index (χ4n) is 2.68. The van der Waals surface area contributed by atoms with E-state index in [1.165, 1.54) is 18.2 Å². The summed E-state index contributed by atoms with van der Waals surface area (Å²) in [5.74, 6) is -0.434. The molecule has 1 aromatic heterocycles. The van der Waals surface area contributed by atoms with Gasteiger partial charge in [-0.15, -0.1) is 0 Å². The molecular formula is C19H16ClF3N2O2. The average Bonchev–Trinajstić information content (AvgIpc) is 3.02. The number of aryl methyl sites for hydroxylation is 1. The third-order valence-electron chi connectivity index (χ3n) is 3.90. The molecule has 0 saturated carbocycles. The van der Waals surface area contributed by atoms with Crippen LogP contribution in [-0.2, 0) is 11.2 Å². The zero-order valence-corrected chi connectivity index (χ0v) is 14.8. The summed E-state index contributed by atoms with van der Waals surface area (Å²) >= 11 is 5.88. The molecule has 2 aromatic carbocycles. The number of nitrogens with one attached hydrogen (secondary N) is 2. The summed E-state index contributed by atoms with van der Waals surface area (Å²) in [5.41, 5.74) is 2.07. The first-order valence-corrected chi connectivity index (χ1v) is 8.53. The lowest BCUT2D eigenvalue weighted by Gasteiger charge is -2.14. The minimum atomic E-state index is -4.48. The molecule has 142 valence electrons. The molecule has 0 bridgehead atoms. The van der Waals surface area contributed by atoms with Crippen LogP contribution in [0.2, 0.25) is 5.02 Å². The lowest BCUT2D eigenvalue weighted by atomic mass is 10.1. The van der Waals surface area contributed by atoms with Crippen molar-refractivity contribution >= 4 is 34.1 Å². The summed E-state index contributed by atoms with van der Waals surface area (Å²) in [6.45, 7) is -1.45. The highest BCUT2D eigenvalue weighted by atomic mass is 35.5. The van der Waals surface area contributed by atoms with Crippen molar-refractivity contribution < 1.29 is 22.7 Å². The van der Waals surface area contributed by atoms with Crippen LogP contribution < -0.4 is 10.1 Å². The van der Waals surface area contributed by atoms with Gasteiger partial charge in [-0.25, -0.2) is 0 Å². The second kappa shape index (κ2) is 7.92. The maximum absolute atomic E-state index is 12.4. The van der Waals surface area contributed by atoms with E-state index < -0.39 is 12.8 Å². The van der Waals surface area contributed by atoms with Crippen LogP contribution in [0.3, 0.4) is 0 Å². The van der Waals surface area contributed by atoms with Crippen LogP contribution in [0.1, 0.15) is 12.0 Å². The highest BCUT2D eigenvalue weighted by Gasteiger charge is 2.29. The van der Waals surface area contributed by atoms with Crippen molar-refractivity contribution in [3.8, 4) is 5.75 Å². The number of halogens is 4. The SMILES string of the molecule is O=C(CCc1c[nH]c2ccccc12)Nc1cc(Cl)ccc1OCC(F)(F)F. The molecule has 1 amide bonds. The number of aromatic amines is 1. The van der Waals surface area contributed by atoms with Gasteiger partial charge >= 0.3 is 6.18 Å². The predicted molar refractivity (Wildman–Crippen MR) is 98.3 cm³/mol. The number of amides is 1. The van der Waals surface area contributed by atoms with E-state index in [4.69, 9.17) is 16.3 Å². The minimum absolute atomic E-state index is 0.0860. The number of carbonyl (C=O) groups excluding carboxylic acids is 1. The number of alkyl halides is 3. The summed E-state index contributed by atoms with van der Waals surface area (Å²) in [4.78, 5) is 15.4. The normalized spacial score (nSPS) is 11.6. The number of ether oxygens (including phenoxy) is 1. The summed E-state index contributed by atoms with van der Waals surface area (Å²) in [7, 11) is 0. The molecule has 0 atom stereocenters. The van der Waals surface area contributed by atoms with Crippen LogP contribution in [0, 0.1) is 0 Å². The van der Waals surface area contributed by atoms with Gasteiger partial charge in [0.25, 0.3) is 0 Å². The fourth-order valence-corrected chi connectivity index (χ4v) is 2.86. The van der Waals surface area contributed by atoms with Gasteiger partial charge in [0.1, 0.15) is 5.75 Å². The zero-order chi connectivity index (χ0) is 19.4. The van der Waals surface area contributed by atoms with Crippen molar-refractivity contribution in [2.75, 3.05) is 11.9 Å². The maximum atomic E-state index is 12.4. The van der Waals surface area contributed by atoms with Crippen LogP contribution >= 0.6 is 11.6 Å². The average molecular weight is 397 g/mol. The van der Waals surface area contributed by atoms with Crippen molar-refractivity contribution in [3.05, 3.63) is 59.2 Å². The monoisotopic (exact) mass is 396 g/mol. The number of anilines is 1. The highest BCUT2D eigenvalue weighted by Crippen LogP contribution is 2.30. The Kier molecular flexibility index (Phi) is 5.60. The van der Waals surface area contributed by atoms with Crippen molar-refractivity contribution in [1.82, 2.24) is 4.98 Å². The Balaban J connectivity index is 1.65. The van der Waals surface area contributed by atoms with E-state index >= 15 is 0 Å². The standard InChI is InChI=1S/C19H16ClF3N2O2/c20-13-6-7-17(27-11-19(21,22)23)16(9-13)25-18(26)8-5-12-10-24-15-4-2-1-3-14(12)15/h1-4,6-7,9-10,24H,5,8,11H2,(H,25,26).